The Bertz CT molecular complexity index is 442. The third-order valence-electron chi connectivity index (χ3n) is 2.48. The van der Waals surface area contributed by atoms with Crippen molar-refractivity contribution in [1.82, 2.24) is 0 Å². The Labute approximate surface area is 99.5 Å². The highest BCUT2D eigenvalue weighted by molar-refractivity contribution is 5.90. The van der Waals surface area contributed by atoms with Crippen LogP contribution in [0.2, 0.25) is 0 Å². The van der Waals surface area contributed by atoms with E-state index in [0.29, 0.717) is 11.1 Å². The smallest absolute Gasteiger partial charge is 0.337 e. The zero-order chi connectivity index (χ0) is 13.0. The summed E-state index contributed by atoms with van der Waals surface area (Å²) in [5, 5.41) is 0. The van der Waals surface area contributed by atoms with Crippen molar-refractivity contribution >= 4 is 11.9 Å². The quantitative estimate of drug-likeness (QED) is 0.792. The molecule has 0 heterocycles. The van der Waals surface area contributed by atoms with Gasteiger partial charge >= 0.3 is 11.9 Å². The third kappa shape index (κ3) is 2.82. The van der Waals surface area contributed by atoms with Crippen molar-refractivity contribution in [2.24, 2.45) is 5.73 Å². The number of hydrogen-bond acceptors (Lipinski definition) is 5. The molecule has 1 unspecified atom stereocenters. The van der Waals surface area contributed by atoms with Crippen LogP contribution in [-0.4, -0.2) is 26.2 Å². The summed E-state index contributed by atoms with van der Waals surface area (Å²) >= 11 is 0. The fourth-order valence-electron chi connectivity index (χ4n) is 1.52. The first kappa shape index (κ1) is 13.2. The van der Waals surface area contributed by atoms with E-state index in [2.05, 4.69) is 9.47 Å². The molecule has 1 rings (SSSR count). The molecule has 0 aromatic heterocycles. The molecule has 0 saturated carbocycles. The fourth-order valence-corrected chi connectivity index (χ4v) is 1.52. The molecule has 1 atom stereocenters. The average molecular weight is 237 g/mol. The maximum atomic E-state index is 11.3. The van der Waals surface area contributed by atoms with Gasteiger partial charge in [-0.1, -0.05) is 6.07 Å². The van der Waals surface area contributed by atoms with Crippen molar-refractivity contribution in [2.45, 2.75) is 13.0 Å². The number of carbonyl (C=O) groups excluding carboxylic acids is 2. The number of ether oxygens (including phenoxy) is 2. The average Bonchev–Trinajstić information content (AvgIpc) is 2.35. The molecular formula is C12H15NO4. The number of aryl methyl sites for hydroxylation is 1. The second kappa shape index (κ2) is 5.45. The number of esters is 2. The minimum atomic E-state index is -0.841. The van der Waals surface area contributed by atoms with Crippen LogP contribution in [0.3, 0.4) is 0 Å². The van der Waals surface area contributed by atoms with Crippen LogP contribution in [0.5, 0.6) is 0 Å². The molecule has 0 saturated heterocycles. The number of benzene rings is 1. The Balaban J connectivity index is 3.05. The summed E-state index contributed by atoms with van der Waals surface area (Å²) in [6.07, 6.45) is 0. The van der Waals surface area contributed by atoms with Crippen LogP contribution < -0.4 is 5.73 Å². The van der Waals surface area contributed by atoms with Crippen LogP contribution in [-0.2, 0) is 14.3 Å². The van der Waals surface area contributed by atoms with Crippen molar-refractivity contribution in [3.63, 3.8) is 0 Å². The summed E-state index contributed by atoms with van der Waals surface area (Å²) in [4.78, 5) is 22.6. The van der Waals surface area contributed by atoms with Gasteiger partial charge < -0.3 is 15.2 Å². The van der Waals surface area contributed by atoms with Gasteiger partial charge in [-0.05, 0) is 30.2 Å². The molecule has 0 fully saturated rings. The second-order valence-electron chi connectivity index (χ2n) is 3.56. The monoisotopic (exact) mass is 237 g/mol. The Morgan fingerprint density at radius 3 is 2.35 bits per heavy atom. The number of carbonyl (C=O) groups is 2. The number of rotatable bonds is 3. The highest BCUT2D eigenvalue weighted by Crippen LogP contribution is 2.18. The molecule has 0 spiro atoms. The van der Waals surface area contributed by atoms with E-state index >= 15 is 0 Å². The van der Waals surface area contributed by atoms with Gasteiger partial charge in [0.1, 0.15) is 6.04 Å². The summed E-state index contributed by atoms with van der Waals surface area (Å²) in [5.74, 6) is -0.940. The lowest BCUT2D eigenvalue weighted by atomic mass is 9.99. The molecule has 0 radical (unpaired) electrons. The topological polar surface area (TPSA) is 78.6 Å². The standard InChI is InChI=1S/C12H15NO4/c1-7-6-8(11(14)16-2)4-5-9(7)10(13)12(15)17-3/h4-6,10H,13H2,1-3H3. The summed E-state index contributed by atoms with van der Waals surface area (Å²) < 4.78 is 9.16. The van der Waals surface area contributed by atoms with Crippen molar-refractivity contribution in [3.05, 3.63) is 34.9 Å². The van der Waals surface area contributed by atoms with Gasteiger partial charge in [0, 0.05) is 0 Å². The second-order valence-corrected chi connectivity index (χ2v) is 3.56. The Kier molecular flexibility index (Phi) is 4.23. The van der Waals surface area contributed by atoms with Gasteiger partial charge in [-0.3, -0.25) is 4.79 Å². The lowest BCUT2D eigenvalue weighted by Gasteiger charge is -2.13. The van der Waals surface area contributed by atoms with E-state index in [1.165, 1.54) is 14.2 Å². The molecule has 17 heavy (non-hydrogen) atoms. The van der Waals surface area contributed by atoms with Crippen molar-refractivity contribution in [2.75, 3.05) is 14.2 Å². The molecule has 2 N–H and O–H groups in total. The number of hydrogen-bond donors (Lipinski definition) is 1. The molecule has 1 aromatic carbocycles. The zero-order valence-corrected chi connectivity index (χ0v) is 10.0. The lowest BCUT2D eigenvalue weighted by Crippen LogP contribution is -2.23. The highest BCUT2D eigenvalue weighted by Gasteiger charge is 2.19. The van der Waals surface area contributed by atoms with Gasteiger partial charge in [0.2, 0.25) is 0 Å². The molecule has 0 amide bonds. The summed E-state index contributed by atoms with van der Waals surface area (Å²) in [7, 11) is 2.59. The maximum absolute atomic E-state index is 11.3. The molecule has 0 aliphatic heterocycles. The molecule has 0 aliphatic carbocycles. The van der Waals surface area contributed by atoms with Crippen LogP contribution in [0.4, 0.5) is 0 Å². The molecular weight excluding hydrogens is 222 g/mol. The number of nitrogens with two attached hydrogens (primary N) is 1. The molecule has 5 nitrogen and oxygen atoms in total. The fraction of sp³-hybridized carbons (Fsp3) is 0.333. The first-order valence-electron chi connectivity index (χ1n) is 5.03. The largest absolute Gasteiger partial charge is 0.468 e. The molecule has 1 aromatic rings. The van der Waals surface area contributed by atoms with Gasteiger partial charge in [0.25, 0.3) is 0 Å². The van der Waals surface area contributed by atoms with Crippen molar-refractivity contribution < 1.29 is 19.1 Å². The van der Waals surface area contributed by atoms with Gasteiger partial charge in [0.15, 0.2) is 0 Å². The van der Waals surface area contributed by atoms with Crippen LogP contribution in [0, 0.1) is 6.92 Å². The van der Waals surface area contributed by atoms with Crippen LogP contribution in [0.15, 0.2) is 18.2 Å². The van der Waals surface area contributed by atoms with Crippen molar-refractivity contribution in [1.29, 1.82) is 0 Å². The molecule has 5 heteroatoms. The van der Waals surface area contributed by atoms with E-state index in [9.17, 15) is 9.59 Å². The van der Waals surface area contributed by atoms with Crippen LogP contribution in [0.1, 0.15) is 27.5 Å². The van der Waals surface area contributed by atoms with E-state index in [-0.39, 0.29) is 0 Å². The minimum absolute atomic E-state index is 0.422. The summed E-state index contributed by atoms with van der Waals surface area (Å²) in [6, 6.07) is 3.98. The van der Waals surface area contributed by atoms with Gasteiger partial charge in [-0.25, -0.2) is 4.79 Å². The Morgan fingerprint density at radius 2 is 1.88 bits per heavy atom. The van der Waals surface area contributed by atoms with E-state index in [4.69, 9.17) is 5.73 Å². The van der Waals surface area contributed by atoms with Gasteiger partial charge in [-0.2, -0.15) is 0 Å². The first-order valence-corrected chi connectivity index (χ1v) is 5.03. The molecule has 0 aliphatic rings. The maximum Gasteiger partial charge on any atom is 0.337 e. The van der Waals surface area contributed by atoms with Gasteiger partial charge in [-0.15, -0.1) is 0 Å². The SMILES string of the molecule is COC(=O)c1ccc(C(N)C(=O)OC)c(C)c1. The predicted octanol–water partition coefficient (Wildman–Crippen LogP) is 0.954. The highest BCUT2D eigenvalue weighted by atomic mass is 16.5. The normalized spacial score (nSPS) is 11.8. The third-order valence-corrected chi connectivity index (χ3v) is 2.48. The molecule has 0 bridgehead atoms. The Hall–Kier alpha value is -1.88. The minimum Gasteiger partial charge on any atom is -0.468 e. The summed E-state index contributed by atoms with van der Waals surface area (Å²) in [5.41, 5.74) is 7.51. The molecule has 92 valence electrons. The van der Waals surface area contributed by atoms with E-state index < -0.39 is 18.0 Å². The van der Waals surface area contributed by atoms with Gasteiger partial charge in [0.05, 0.1) is 19.8 Å². The van der Waals surface area contributed by atoms with Crippen LogP contribution in [0.25, 0.3) is 0 Å². The first-order chi connectivity index (χ1) is 8.01. The Morgan fingerprint density at radius 1 is 1.24 bits per heavy atom. The predicted molar refractivity (Wildman–Crippen MR) is 61.5 cm³/mol. The van der Waals surface area contributed by atoms with Crippen LogP contribution >= 0.6 is 0 Å². The van der Waals surface area contributed by atoms with E-state index in [1.54, 1.807) is 25.1 Å². The van der Waals surface area contributed by atoms with Crippen molar-refractivity contribution in [3.8, 4) is 0 Å². The zero-order valence-electron chi connectivity index (χ0n) is 10.0. The number of methoxy groups -OCH3 is 2. The lowest BCUT2D eigenvalue weighted by molar-refractivity contribution is -0.142. The summed E-state index contributed by atoms with van der Waals surface area (Å²) in [6.45, 7) is 1.77. The van der Waals surface area contributed by atoms with E-state index in [1.807, 2.05) is 0 Å². The van der Waals surface area contributed by atoms with E-state index in [0.717, 1.165) is 5.56 Å².